The van der Waals surface area contributed by atoms with E-state index in [2.05, 4.69) is 15.1 Å². The van der Waals surface area contributed by atoms with Crippen LogP contribution in [0.25, 0.3) is 0 Å². The molecule has 1 aromatic heterocycles. The summed E-state index contributed by atoms with van der Waals surface area (Å²) in [5, 5.41) is 19.8. The van der Waals surface area contributed by atoms with Gasteiger partial charge in [0.05, 0.1) is 24.1 Å². The lowest BCUT2D eigenvalue weighted by Crippen LogP contribution is -2.30. The van der Waals surface area contributed by atoms with Crippen molar-refractivity contribution in [3.05, 3.63) is 53.2 Å². The second-order valence-corrected chi connectivity index (χ2v) is 4.97. The third kappa shape index (κ3) is 4.65. The summed E-state index contributed by atoms with van der Waals surface area (Å²) in [6.45, 7) is -1.09. The fraction of sp³-hybridized carbons (Fsp3) is 0.200. The summed E-state index contributed by atoms with van der Waals surface area (Å²) in [7, 11) is 0. The van der Waals surface area contributed by atoms with Crippen molar-refractivity contribution in [1.29, 1.82) is 0 Å². The number of rotatable bonds is 7. The van der Waals surface area contributed by atoms with Gasteiger partial charge in [0.15, 0.2) is 23.3 Å². The fourth-order valence-corrected chi connectivity index (χ4v) is 1.80. The Morgan fingerprint density at radius 3 is 2.62 bits per heavy atom. The summed E-state index contributed by atoms with van der Waals surface area (Å²) in [5.74, 6) is -6.70. The molecule has 0 aliphatic heterocycles. The second-order valence-electron chi connectivity index (χ2n) is 4.97. The molecule has 2 rings (SSSR count). The van der Waals surface area contributed by atoms with Gasteiger partial charge in [-0.15, -0.1) is 0 Å². The first kappa shape index (κ1) is 19.6. The largest absolute Gasteiger partial charge is 0.394 e. The van der Waals surface area contributed by atoms with Gasteiger partial charge in [0.1, 0.15) is 18.5 Å². The van der Waals surface area contributed by atoms with E-state index in [4.69, 9.17) is 10.2 Å². The molecule has 0 fully saturated rings. The number of aromatic nitrogens is 1. The van der Waals surface area contributed by atoms with Gasteiger partial charge in [0.25, 0.3) is 5.91 Å². The Labute approximate surface area is 144 Å². The SMILES string of the molecule is O=C(NOCC(O)CO)c1ccc(F)c(F)c1Nc1ncc(F)cc1F. The molecule has 7 nitrogen and oxygen atoms in total. The van der Waals surface area contributed by atoms with Crippen LogP contribution >= 0.6 is 0 Å². The standard InChI is InChI=1S/C15H13F4N3O4/c16-7-3-11(18)14(20-4-7)21-13-9(1-2-10(17)12(13)19)15(25)22-26-6-8(24)5-23/h1-4,8,23-24H,5-6H2,(H,20,21)(H,22,25). The number of pyridine rings is 1. The van der Waals surface area contributed by atoms with Gasteiger partial charge in [-0.3, -0.25) is 9.63 Å². The van der Waals surface area contributed by atoms with E-state index in [-0.39, 0.29) is 0 Å². The van der Waals surface area contributed by atoms with Gasteiger partial charge >= 0.3 is 0 Å². The van der Waals surface area contributed by atoms with Gasteiger partial charge in [0, 0.05) is 6.07 Å². The first-order valence-electron chi connectivity index (χ1n) is 7.10. The van der Waals surface area contributed by atoms with Crippen LogP contribution in [0.4, 0.5) is 29.1 Å². The fourth-order valence-electron chi connectivity index (χ4n) is 1.80. The Morgan fingerprint density at radius 1 is 1.23 bits per heavy atom. The van der Waals surface area contributed by atoms with E-state index in [1.165, 1.54) is 0 Å². The first-order chi connectivity index (χ1) is 12.3. The Bertz CT molecular complexity index is 807. The van der Waals surface area contributed by atoms with Crippen LogP contribution in [0.1, 0.15) is 10.4 Å². The number of hydrogen-bond donors (Lipinski definition) is 4. The Kier molecular flexibility index (Phi) is 6.44. The van der Waals surface area contributed by atoms with Crippen LogP contribution < -0.4 is 10.8 Å². The molecule has 140 valence electrons. The molecule has 1 heterocycles. The van der Waals surface area contributed by atoms with Gasteiger partial charge in [0.2, 0.25) is 0 Å². The lowest BCUT2D eigenvalue weighted by Gasteiger charge is -2.14. The second kappa shape index (κ2) is 8.56. The maximum atomic E-state index is 14.1. The number of anilines is 2. The predicted molar refractivity (Wildman–Crippen MR) is 80.3 cm³/mol. The highest BCUT2D eigenvalue weighted by atomic mass is 19.2. The van der Waals surface area contributed by atoms with Crippen LogP contribution in [-0.4, -0.2) is 40.4 Å². The quantitative estimate of drug-likeness (QED) is 0.431. The average molecular weight is 375 g/mol. The molecule has 1 unspecified atom stereocenters. The zero-order chi connectivity index (χ0) is 19.3. The van der Waals surface area contributed by atoms with Gasteiger partial charge < -0.3 is 15.5 Å². The van der Waals surface area contributed by atoms with Crippen molar-refractivity contribution in [3.8, 4) is 0 Å². The molecule has 0 radical (unpaired) electrons. The monoisotopic (exact) mass is 375 g/mol. The molecule has 0 saturated carbocycles. The molecular weight excluding hydrogens is 362 g/mol. The maximum absolute atomic E-state index is 14.1. The van der Waals surface area contributed by atoms with Crippen molar-refractivity contribution in [2.75, 3.05) is 18.5 Å². The van der Waals surface area contributed by atoms with E-state index in [0.717, 1.165) is 6.07 Å². The molecule has 2 aromatic rings. The highest BCUT2D eigenvalue weighted by Gasteiger charge is 2.21. The van der Waals surface area contributed by atoms with E-state index >= 15 is 0 Å². The van der Waals surface area contributed by atoms with Gasteiger partial charge in [-0.1, -0.05) is 0 Å². The summed E-state index contributed by atoms with van der Waals surface area (Å²) in [4.78, 5) is 20.0. The maximum Gasteiger partial charge on any atom is 0.277 e. The molecule has 0 saturated heterocycles. The van der Waals surface area contributed by atoms with Gasteiger partial charge in [-0.05, 0) is 12.1 Å². The molecule has 26 heavy (non-hydrogen) atoms. The van der Waals surface area contributed by atoms with Crippen molar-refractivity contribution in [3.63, 3.8) is 0 Å². The molecule has 1 aromatic carbocycles. The molecule has 0 spiro atoms. The van der Waals surface area contributed by atoms with E-state index in [9.17, 15) is 22.4 Å². The van der Waals surface area contributed by atoms with E-state index in [0.29, 0.717) is 18.3 Å². The lowest BCUT2D eigenvalue weighted by atomic mass is 10.1. The Morgan fingerprint density at radius 2 is 1.96 bits per heavy atom. The lowest BCUT2D eigenvalue weighted by molar-refractivity contribution is -0.0295. The third-order valence-corrected chi connectivity index (χ3v) is 3.04. The molecule has 0 bridgehead atoms. The van der Waals surface area contributed by atoms with Crippen LogP contribution in [0.3, 0.4) is 0 Å². The molecule has 0 aliphatic carbocycles. The van der Waals surface area contributed by atoms with Crippen LogP contribution in [-0.2, 0) is 4.84 Å². The minimum Gasteiger partial charge on any atom is -0.394 e. The van der Waals surface area contributed by atoms with Gasteiger partial charge in [-0.2, -0.15) is 0 Å². The predicted octanol–water partition coefficient (Wildman–Crippen LogP) is 1.40. The smallest absolute Gasteiger partial charge is 0.277 e. The highest BCUT2D eigenvalue weighted by molar-refractivity contribution is 5.99. The Hall–Kier alpha value is -2.76. The number of aliphatic hydroxyl groups is 2. The number of carbonyl (C=O) groups excluding carboxylic acids is 1. The van der Waals surface area contributed by atoms with E-state index in [1.54, 1.807) is 0 Å². The minimum atomic E-state index is -1.50. The molecule has 0 aliphatic rings. The zero-order valence-electron chi connectivity index (χ0n) is 13.0. The van der Waals surface area contributed by atoms with Crippen molar-refractivity contribution in [1.82, 2.24) is 10.5 Å². The van der Waals surface area contributed by atoms with Crippen molar-refractivity contribution >= 4 is 17.4 Å². The van der Waals surface area contributed by atoms with E-state index < -0.39 is 65.6 Å². The summed E-state index contributed by atoms with van der Waals surface area (Å²) in [6, 6.07) is 2.02. The number of carbonyl (C=O) groups is 1. The average Bonchev–Trinajstić information content (AvgIpc) is 2.60. The zero-order valence-corrected chi connectivity index (χ0v) is 13.0. The summed E-state index contributed by atoms with van der Waals surface area (Å²) in [6.07, 6.45) is -0.628. The number of amides is 1. The number of hydroxylamine groups is 1. The van der Waals surface area contributed by atoms with Crippen LogP contribution in [0.5, 0.6) is 0 Å². The number of benzene rings is 1. The third-order valence-electron chi connectivity index (χ3n) is 3.04. The topological polar surface area (TPSA) is 104 Å². The summed E-state index contributed by atoms with van der Waals surface area (Å²) in [5.41, 5.74) is 0.611. The van der Waals surface area contributed by atoms with E-state index in [1.807, 2.05) is 5.48 Å². The molecular formula is C15H13F4N3O4. The number of hydrogen-bond acceptors (Lipinski definition) is 6. The summed E-state index contributed by atoms with van der Waals surface area (Å²) < 4.78 is 54.1. The number of nitrogens with one attached hydrogen (secondary N) is 2. The number of halogens is 4. The summed E-state index contributed by atoms with van der Waals surface area (Å²) >= 11 is 0. The van der Waals surface area contributed by atoms with Crippen molar-refractivity contribution in [2.45, 2.75) is 6.10 Å². The molecule has 11 heteroatoms. The number of aliphatic hydroxyl groups excluding tert-OH is 2. The normalized spacial score (nSPS) is 11.9. The molecule has 4 N–H and O–H groups in total. The van der Waals surface area contributed by atoms with Crippen molar-refractivity contribution in [2.24, 2.45) is 0 Å². The molecule has 1 atom stereocenters. The van der Waals surface area contributed by atoms with Crippen LogP contribution in [0.2, 0.25) is 0 Å². The van der Waals surface area contributed by atoms with Crippen molar-refractivity contribution < 1.29 is 37.4 Å². The number of nitrogens with zero attached hydrogens (tertiary/aromatic N) is 1. The highest BCUT2D eigenvalue weighted by Crippen LogP contribution is 2.27. The van der Waals surface area contributed by atoms with Crippen LogP contribution in [0.15, 0.2) is 24.4 Å². The Balaban J connectivity index is 2.27. The molecule has 1 amide bonds. The van der Waals surface area contributed by atoms with Crippen LogP contribution in [0, 0.1) is 23.3 Å². The minimum absolute atomic E-state index is 0.464. The van der Waals surface area contributed by atoms with Gasteiger partial charge in [-0.25, -0.2) is 28.0 Å². The first-order valence-corrected chi connectivity index (χ1v) is 7.10.